The fourth-order valence-electron chi connectivity index (χ4n) is 3.28. The Labute approximate surface area is 147 Å². The molecule has 1 atom stereocenters. The number of aryl methyl sites for hydroxylation is 1. The maximum atomic E-state index is 12.3. The van der Waals surface area contributed by atoms with Gasteiger partial charge in [0.1, 0.15) is 0 Å². The third-order valence-electron chi connectivity index (χ3n) is 4.57. The Morgan fingerprint density at radius 1 is 1.46 bits per heavy atom. The van der Waals surface area contributed by atoms with Crippen LogP contribution in [-0.2, 0) is 17.8 Å². The minimum atomic E-state index is 0.133. The topological polar surface area (TPSA) is 50.2 Å². The van der Waals surface area contributed by atoms with Crippen molar-refractivity contribution in [1.82, 2.24) is 20.0 Å². The molecule has 130 valence electrons. The highest BCUT2D eigenvalue weighted by Crippen LogP contribution is 2.18. The van der Waals surface area contributed by atoms with E-state index in [0.29, 0.717) is 19.1 Å². The number of aromatic nitrogens is 2. The molecule has 1 aliphatic heterocycles. The van der Waals surface area contributed by atoms with Crippen molar-refractivity contribution in [1.29, 1.82) is 0 Å². The second-order valence-electron chi connectivity index (χ2n) is 6.59. The first-order chi connectivity index (χ1) is 11.7. The number of piperidine rings is 1. The average molecular weight is 346 g/mol. The van der Waals surface area contributed by atoms with Gasteiger partial charge >= 0.3 is 0 Å². The number of carbonyl (C=O) groups excluding carboxylic acids is 1. The summed E-state index contributed by atoms with van der Waals surface area (Å²) in [5.41, 5.74) is 2.48. The molecular formula is C18H26N4OS. The molecule has 5 nitrogen and oxygen atoms in total. The van der Waals surface area contributed by atoms with Gasteiger partial charge in [0.05, 0.1) is 19.3 Å². The lowest BCUT2D eigenvalue weighted by Crippen LogP contribution is -2.47. The van der Waals surface area contributed by atoms with E-state index in [2.05, 4.69) is 45.3 Å². The summed E-state index contributed by atoms with van der Waals surface area (Å²) < 4.78 is 2.01. The number of hydrogen-bond donors (Lipinski definition) is 1. The normalized spacial score (nSPS) is 18.6. The summed E-state index contributed by atoms with van der Waals surface area (Å²) in [6, 6.07) is 2.52. The maximum Gasteiger partial charge on any atom is 0.234 e. The van der Waals surface area contributed by atoms with Crippen LogP contribution < -0.4 is 5.32 Å². The molecule has 0 aromatic carbocycles. The van der Waals surface area contributed by atoms with E-state index >= 15 is 0 Å². The number of rotatable bonds is 7. The molecule has 1 N–H and O–H groups in total. The van der Waals surface area contributed by atoms with E-state index in [1.165, 1.54) is 24.0 Å². The molecule has 1 aliphatic rings. The number of likely N-dealkylation sites (tertiary alicyclic amines) is 1. The summed E-state index contributed by atoms with van der Waals surface area (Å²) in [6.07, 6.45) is 8.43. The van der Waals surface area contributed by atoms with E-state index in [-0.39, 0.29) is 5.91 Å². The zero-order chi connectivity index (χ0) is 16.8. The van der Waals surface area contributed by atoms with Crippen molar-refractivity contribution >= 4 is 17.2 Å². The zero-order valence-corrected chi connectivity index (χ0v) is 15.1. The number of nitrogens with zero attached hydrogens (tertiary/aromatic N) is 3. The molecular weight excluding hydrogens is 320 g/mol. The van der Waals surface area contributed by atoms with Gasteiger partial charge in [-0.05, 0) is 60.7 Å². The van der Waals surface area contributed by atoms with Crippen LogP contribution in [-0.4, -0.2) is 46.3 Å². The van der Waals surface area contributed by atoms with Crippen molar-refractivity contribution in [2.45, 2.75) is 45.2 Å². The van der Waals surface area contributed by atoms with E-state index in [0.717, 1.165) is 25.9 Å². The Balaban J connectivity index is 1.46. The maximum absolute atomic E-state index is 12.3. The molecule has 0 bridgehead atoms. The molecule has 0 aliphatic carbocycles. The summed E-state index contributed by atoms with van der Waals surface area (Å²) in [6.45, 7) is 5.14. The van der Waals surface area contributed by atoms with Crippen LogP contribution in [0.5, 0.6) is 0 Å². The van der Waals surface area contributed by atoms with Crippen LogP contribution in [0.15, 0.2) is 29.2 Å². The van der Waals surface area contributed by atoms with E-state index in [1.807, 2.05) is 10.9 Å². The molecule has 6 heteroatoms. The number of hydrogen-bond acceptors (Lipinski definition) is 4. The minimum absolute atomic E-state index is 0.133. The third kappa shape index (κ3) is 4.92. The lowest BCUT2D eigenvalue weighted by atomic mass is 10.0. The molecule has 0 saturated carbocycles. The molecule has 24 heavy (non-hydrogen) atoms. The molecule has 1 fully saturated rings. The number of amides is 1. The third-order valence-corrected chi connectivity index (χ3v) is 5.30. The molecule has 1 unspecified atom stereocenters. The van der Waals surface area contributed by atoms with Gasteiger partial charge in [-0.1, -0.05) is 6.42 Å². The SMILES string of the molecule is Cc1cnn(CC2CCCCN2CC(=O)NCCc2ccsc2)c1. The molecule has 2 aromatic rings. The summed E-state index contributed by atoms with van der Waals surface area (Å²) in [4.78, 5) is 14.6. The second-order valence-corrected chi connectivity index (χ2v) is 7.37. The highest BCUT2D eigenvalue weighted by atomic mass is 32.1. The number of carbonyl (C=O) groups is 1. The van der Waals surface area contributed by atoms with Crippen LogP contribution in [0.3, 0.4) is 0 Å². The quantitative estimate of drug-likeness (QED) is 0.838. The molecule has 1 saturated heterocycles. The van der Waals surface area contributed by atoms with Gasteiger partial charge < -0.3 is 5.32 Å². The van der Waals surface area contributed by atoms with Gasteiger partial charge in [0, 0.05) is 18.8 Å². The Morgan fingerprint density at radius 3 is 3.12 bits per heavy atom. The Kier molecular flexibility index (Phi) is 6.04. The molecule has 0 spiro atoms. The number of thiophene rings is 1. The molecule has 3 heterocycles. The van der Waals surface area contributed by atoms with Gasteiger partial charge in [-0.2, -0.15) is 16.4 Å². The van der Waals surface area contributed by atoms with E-state index in [4.69, 9.17) is 0 Å². The summed E-state index contributed by atoms with van der Waals surface area (Å²) in [5, 5.41) is 11.7. The van der Waals surface area contributed by atoms with E-state index in [9.17, 15) is 4.79 Å². The largest absolute Gasteiger partial charge is 0.355 e. The average Bonchev–Trinajstić information content (AvgIpc) is 3.21. The predicted octanol–water partition coefficient (Wildman–Crippen LogP) is 2.47. The number of nitrogens with one attached hydrogen (secondary N) is 1. The summed E-state index contributed by atoms with van der Waals surface area (Å²) in [5.74, 6) is 0.133. The predicted molar refractivity (Wildman–Crippen MR) is 97.2 cm³/mol. The van der Waals surface area contributed by atoms with Gasteiger partial charge in [-0.3, -0.25) is 14.4 Å². The molecule has 1 amide bonds. The van der Waals surface area contributed by atoms with Gasteiger partial charge in [-0.25, -0.2) is 0 Å². The fraction of sp³-hybridized carbons (Fsp3) is 0.556. The van der Waals surface area contributed by atoms with Crippen LogP contribution in [0.1, 0.15) is 30.4 Å². The molecule has 2 aromatic heterocycles. The van der Waals surface area contributed by atoms with Crippen LogP contribution in [0.4, 0.5) is 0 Å². The summed E-state index contributed by atoms with van der Waals surface area (Å²) >= 11 is 1.70. The van der Waals surface area contributed by atoms with Gasteiger partial charge in [0.2, 0.25) is 5.91 Å². The standard InChI is InChI=1S/C18H26N4OS/c1-15-10-20-22(11-15)12-17-4-2-3-8-21(17)13-18(23)19-7-5-16-6-9-24-14-16/h6,9-11,14,17H,2-5,7-8,12-13H2,1H3,(H,19,23). The lowest BCUT2D eigenvalue weighted by Gasteiger charge is -2.35. The molecule has 0 radical (unpaired) electrons. The second kappa shape index (κ2) is 8.44. The van der Waals surface area contributed by atoms with Crippen molar-refractivity contribution in [2.75, 3.05) is 19.6 Å². The van der Waals surface area contributed by atoms with Crippen molar-refractivity contribution < 1.29 is 4.79 Å². The van der Waals surface area contributed by atoms with Gasteiger partial charge in [0.25, 0.3) is 0 Å². The highest BCUT2D eigenvalue weighted by Gasteiger charge is 2.24. The van der Waals surface area contributed by atoms with Gasteiger partial charge in [-0.15, -0.1) is 0 Å². The minimum Gasteiger partial charge on any atom is -0.355 e. The van der Waals surface area contributed by atoms with E-state index < -0.39 is 0 Å². The Morgan fingerprint density at radius 2 is 2.38 bits per heavy atom. The van der Waals surface area contributed by atoms with Crippen LogP contribution >= 0.6 is 11.3 Å². The first-order valence-electron chi connectivity index (χ1n) is 8.71. The van der Waals surface area contributed by atoms with Crippen LogP contribution in [0.25, 0.3) is 0 Å². The smallest absolute Gasteiger partial charge is 0.234 e. The van der Waals surface area contributed by atoms with Crippen molar-refractivity contribution in [3.63, 3.8) is 0 Å². The summed E-state index contributed by atoms with van der Waals surface area (Å²) in [7, 11) is 0. The van der Waals surface area contributed by atoms with Crippen molar-refractivity contribution in [3.8, 4) is 0 Å². The highest BCUT2D eigenvalue weighted by molar-refractivity contribution is 7.07. The van der Waals surface area contributed by atoms with Crippen molar-refractivity contribution in [2.24, 2.45) is 0 Å². The Bertz CT molecular complexity index is 637. The fourth-order valence-corrected chi connectivity index (χ4v) is 3.98. The zero-order valence-electron chi connectivity index (χ0n) is 14.3. The monoisotopic (exact) mass is 346 g/mol. The first-order valence-corrected chi connectivity index (χ1v) is 9.66. The lowest BCUT2D eigenvalue weighted by molar-refractivity contribution is -0.123. The van der Waals surface area contributed by atoms with Crippen LogP contribution in [0, 0.1) is 6.92 Å². The van der Waals surface area contributed by atoms with E-state index in [1.54, 1.807) is 11.3 Å². The van der Waals surface area contributed by atoms with Crippen LogP contribution in [0.2, 0.25) is 0 Å². The van der Waals surface area contributed by atoms with Crippen molar-refractivity contribution in [3.05, 3.63) is 40.3 Å². The first kappa shape index (κ1) is 17.2. The Hall–Kier alpha value is -1.66. The van der Waals surface area contributed by atoms with Gasteiger partial charge in [0.15, 0.2) is 0 Å². The molecule has 3 rings (SSSR count).